The molecule has 4 aliphatic rings. The monoisotopic (exact) mass is 773 g/mol. The van der Waals surface area contributed by atoms with Gasteiger partial charge >= 0.3 is 12.2 Å². The van der Waals surface area contributed by atoms with Gasteiger partial charge < -0.3 is 25.0 Å². The third-order valence-corrected chi connectivity index (χ3v) is 11.6. The Labute approximate surface area is 314 Å². The summed E-state index contributed by atoms with van der Waals surface area (Å²) in [6.45, 7) is 10.2. The summed E-state index contributed by atoms with van der Waals surface area (Å²) in [5, 5.41) is 4.48. The van der Waals surface area contributed by atoms with Crippen molar-refractivity contribution in [2.45, 2.75) is 120 Å². The number of hydrogen-bond acceptors (Lipinski definition) is 10. The number of hydrogen-bond donors (Lipinski definition) is 3. The first-order chi connectivity index (χ1) is 25.4. The molecule has 5 rings (SSSR count). The van der Waals surface area contributed by atoms with Crippen LogP contribution in [-0.4, -0.2) is 95.0 Å². The average Bonchev–Trinajstić information content (AvgIpc) is 3.98. The van der Waals surface area contributed by atoms with E-state index in [1.807, 2.05) is 6.92 Å². The van der Waals surface area contributed by atoms with Gasteiger partial charge in [-0.05, 0) is 70.6 Å². The molecule has 2 aliphatic heterocycles. The highest BCUT2D eigenvalue weighted by Crippen LogP contribution is 2.45. The minimum atomic E-state index is -3.97. The molecule has 2 saturated carbocycles. The number of allylic oxidation sites excluding steroid dienone is 2. The molecule has 15 nitrogen and oxygen atoms in total. The standard InChI is InChI=1S/C37H48FN5O10S/c1-6-8-11-24(44)13-16-29(39-34(48)53-36(3,4)5)32(46)43-20-25(52-35(49)42-19-22-10-9-12-28(38)27(22)21-42)17-30(43)31(45)40-37(18-23(37)7-2)33(47)41-54(50,51)26-14-15-26/h7-12,23,25-26,29-30H,2,6,13-21H2,1,3-5H3,(H,39,48)(H,40,45)(H,41,47)/b11-8+/t23?,25-,29?,30?,37-/m1/s1. The molecule has 0 aromatic heterocycles. The molecule has 3 unspecified atom stereocenters. The molecule has 2 heterocycles. The van der Waals surface area contributed by atoms with Crippen LogP contribution in [0.3, 0.4) is 0 Å². The highest BCUT2D eigenvalue weighted by molar-refractivity contribution is 7.91. The van der Waals surface area contributed by atoms with E-state index in [1.165, 1.54) is 29.2 Å². The van der Waals surface area contributed by atoms with E-state index < -0.39 is 86.2 Å². The first-order valence-electron chi connectivity index (χ1n) is 18.1. The summed E-state index contributed by atoms with van der Waals surface area (Å²) in [6.07, 6.45) is 2.57. The summed E-state index contributed by atoms with van der Waals surface area (Å²) in [4.78, 5) is 83.2. The van der Waals surface area contributed by atoms with Gasteiger partial charge in [0.2, 0.25) is 21.8 Å². The predicted octanol–water partition coefficient (Wildman–Crippen LogP) is 3.13. The maximum absolute atomic E-state index is 14.4. The van der Waals surface area contributed by atoms with Crippen molar-refractivity contribution in [3.8, 4) is 0 Å². The summed E-state index contributed by atoms with van der Waals surface area (Å²) >= 11 is 0. The van der Waals surface area contributed by atoms with Crippen LogP contribution in [0.4, 0.5) is 14.0 Å². The number of alkyl carbamates (subject to hydrolysis) is 1. The third-order valence-electron chi connectivity index (χ3n) is 9.76. The van der Waals surface area contributed by atoms with E-state index in [0.717, 1.165) is 4.90 Å². The first kappa shape index (κ1) is 40.4. The number of likely N-dealkylation sites (tertiary alicyclic amines) is 1. The van der Waals surface area contributed by atoms with E-state index in [9.17, 15) is 41.6 Å². The molecule has 3 N–H and O–H groups in total. The summed E-state index contributed by atoms with van der Waals surface area (Å²) in [5.41, 5.74) is -1.64. The molecule has 17 heteroatoms. The summed E-state index contributed by atoms with van der Waals surface area (Å²) in [7, 11) is -3.97. The molecule has 54 heavy (non-hydrogen) atoms. The molecule has 2 aliphatic carbocycles. The molecule has 1 aromatic rings. The quantitative estimate of drug-likeness (QED) is 0.187. The van der Waals surface area contributed by atoms with Crippen LogP contribution in [0.1, 0.15) is 83.8 Å². The van der Waals surface area contributed by atoms with E-state index in [4.69, 9.17) is 9.47 Å². The lowest BCUT2D eigenvalue weighted by molar-refractivity contribution is -0.141. The van der Waals surface area contributed by atoms with Crippen molar-refractivity contribution in [2.24, 2.45) is 5.92 Å². The van der Waals surface area contributed by atoms with Crippen LogP contribution in [-0.2, 0) is 51.8 Å². The molecule has 0 bridgehead atoms. The van der Waals surface area contributed by atoms with Crippen molar-refractivity contribution < 1.29 is 51.0 Å². The van der Waals surface area contributed by atoms with Crippen molar-refractivity contribution in [1.29, 1.82) is 0 Å². The number of amides is 5. The van der Waals surface area contributed by atoms with Crippen LogP contribution in [0.5, 0.6) is 0 Å². The van der Waals surface area contributed by atoms with Gasteiger partial charge in [-0.25, -0.2) is 22.4 Å². The van der Waals surface area contributed by atoms with Gasteiger partial charge in [0.05, 0.1) is 18.3 Å². The Morgan fingerprint density at radius 2 is 1.85 bits per heavy atom. The fourth-order valence-corrected chi connectivity index (χ4v) is 8.01. The highest BCUT2D eigenvalue weighted by atomic mass is 32.2. The summed E-state index contributed by atoms with van der Waals surface area (Å²) in [5.74, 6) is -3.94. The number of benzene rings is 1. The fraction of sp³-hybridized carbons (Fsp3) is 0.568. The largest absolute Gasteiger partial charge is 0.444 e. The minimum Gasteiger partial charge on any atom is -0.444 e. The molecule has 1 aromatic carbocycles. The second kappa shape index (κ2) is 15.9. The number of ketones is 1. The summed E-state index contributed by atoms with van der Waals surface area (Å²) < 4.78 is 53.0. The molecule has 5 atom stereocenters. The molecular formula is C37H48FN5O10S. The highest BCUT2D eigenvalue weighted by Gasteiger charge is 2.62. The average molecular weight is 774 g/mol. The van der Waals surface area contributed by atoms with Gasteiger partial charge in [-0.3, -0.25) is 28.8 Å². The molecule has 5 amide bonds. The van der Waals surface area contributed by atoms with Crippen LogP contribution in [0.25, 0.3) is 0 Å². The number of carbonyl (C=O) groups excluding carboxylic acids is 6. The number of ether oxygens (including phenoxy) is 2. The minimum absolute atomic E-state index is 0.0488. The Balaban J connectivity index is 1.39. The second-order valence-electron chi connectivity index (χ2n) is 15.2. The lowest BCUT2D eigenvalue weighted by atomic mass is 10.1. The number of nitrogens with one attached hydrogen (secondary N) is 3. The van der Waals surface area contributed by atoms with Gasteiger partial charge in [-0.2, -0.15) is 0 Å². The zero-order valence-electron chi connectivity index (χ0n) is 30.9. The first-order valence-corrected chi connectivity index (χ1v) is 19.6. The fourth-order valence-electron chi connectivity index (χ4n) is 6.65. The molecule has 3 fully saturated rings. The van der Waals surface area contributed by atoms with E-state index in [0.29, 0.717) is 30.4 Å². The van der Waals surface area contributed by atoms with Gasteiger partial charge in [-0.15, -0.1) is 6.58 Å². The Hall–Kier alpha value is -4.80. The van der Waals surface area contributed by atoms with Gasteiger partial charge in [0.1, 0.15) is 35.1 Å². The van der Waals surface area contributed by atoms with E-state index in [1.54, 1.807) is 32.9 Å². The lowest BCUT2D eigenvalue weighted by Gasteiger charge is -2.30. The zero-order valence-corrected chi connectivity index (χ0v) is 31.7. The number of carbonyl (C=O) groups is 6. The van der Waals surface area contributed by atoms with Crippen LogP contribution < -0.4 is 15.4 Å². The third kappa shape index (κ3) is 9.46. The Bertz CT molecular complexity index is 1840. The van der Waals surface area contributed by atoms with E-state index in [2.05, 4.69) is 21.9 Å². The Kier molecular flexibility index (Phi) is 11.9. The van der Waals surface area contributed by atoms with Crippen molar-refractivity contribution in [3.63, 3.8) is 0 Å². The maximum Gasteiger partial charge on any atom is 0.410 e. The van der Waals surface area contributed by atoms with Gasteiger partial charge in [0, 0.05) is 30.9 Å². The molecule has 1 saturated heterocycles. The number of rotatable bonds is 14. The van der Waals surface area contributed by atoms with Gasteiger partial charge in [-0.1, -0.05) is 31.2 Å². The molecule has 0 spiro atoms. The van der Waals surface area contributed by atoms with Crippen molar-refractivity contribution >= 4 is 45.7 Å². The van der Waals surface area contributed by atoms with E-state index >= 15 is 0 Å². The summed E-state index contributed by atoms with van der Waals surface area (Å²) in [6, 6.07) is 1.80. The zero-order chi connectivity index (χ0) is 39.6. The van der Waals surface area contributed by atoms with Crippen molar-refractivity contribution in [3.05, 3.63) is 60.0 Å². The topological polar surface area (TPSA) is 198 Å². The number of nitrogens with zero attached hydrogens (tertiary/aromatic N) is 2. The van der Waals surface area contributed by atoms with Crippen LogP contribution >= 0.6 is 0 Å². The normalized spacial score (nSPS) is 24.0. The molecular weight excluding hydrogens is 725 g/mol. The Morgan fingerprint density at radius 3 is 2.46 bits per heavy atom. The van der Waals surface area contributed by atoms with Crippen LogP contribution in [0.2, 0.25) is 0 Å². The maximum atomic E-state index is 14.4. The lowest BCUT2D eigenvalue weighted by Crippen LogP contribution is -2.58. The molecule has 294 valence electrons. The van der Waals surface area contributed by atoms with Crippen molar-refractivity contribution in [2.75, 3.05) is 6.54 Å². The van der Waals surface area contributed by atoms with Gasteiger partial charge in [0.25, 0.3) is 5.91 Å². The predicted molar refractivity (Wildman–Crippen MR) is 192 cm³/mol. The Morgan fingerprint density at radius 1 is 1.13 bits per heavy atom. The second-order valence-corrected chi connectivity index (χ2v) is 17.1. The van der Waals surface area contributed by atoms with Crippen LogP contribution in [0.15, 0.2) is 43.0 Å². The van der Waals surface area contributed by atoms with Crippen LogP contribution in [0, 0.1) is 11.7 Å². The number of fused-ring (bicyclic) bond motifs is 1. The van der Waals surface area contributed by atoms with Gasteiger partial charge in [0.15, 0.2) is 5.78 Å². The number of halogens is 1. The SMILES string of the molecule is C=CC1C[C@]1(NC(=O)C1C[C@@H](OC(=O)N2Cc3cccc(F)c3C2)CN1C(=O)C(CCC(=O)/C=C/CC)NC(=O)OC(C)(C)C)C(=O)NS(=O)(=O)C1CC1. The molecule has 0 radical (unpaired) electrons. The van der Waals surface area contributed by atoms with Crippen molar-refractivity contribution in [1.82, 2.24) is 25.2 Å². The van der Waals surface area contributed by atoms with E-state index in [-0.39, 0.29) is 51.1 Å². The smallest absolute Gasteiger partial charge is 0.410 e. The number of sulfonamides is 1.